The van der Waals surface area contributed by atoms with Gasteiger partial charge < -0.3 is 5.32 Å². The smallest absolute Gasteiger partial charge is 0 e. The largest absolute Gasteiger partial charge is 0.657 e. The first kappa shape index (κ1) is 15.2. The van der Waals surface area contributed by atoms with Crippen molar-refractivity contribution in [2.24, 2.45) is 0 Å². The third-order valence-corrected chi connectivity index (χ3v) is 3.75. The number of benzene rings is 4. The van der Waals surface area contributed by atoms with E-state index in [1.54, 1.807) is 0 Å². The molecule has 0 spiro atoms. The Morgan fingerprint density at radius 3 is 2.09 bits per heavy atom. The molecule has 2 heteroatoms. The zero-order chi connectivity index (χ0) is 14.1. The van der Waals surface area contributed by atoms with Crippen LogP contribution in [0.25, 0.3) is 26.9 Å². The maximum Gasteiger partial charge on any atom is 0 e. The van der Waals surface area contributed by atoms with Crippen LogP contribution in [-0.4, -0.2) is 0 Å². The molecule has 0 fully saturated rings. The summed E-state index contributed by atoms with van der Waals surface area (Å²) in [7, 11) is 0. The molecule has 103 valence electrons. The summed E-state index contributed by atoms with van der Waals surface area (Å²) in [5, 5.41) is 9.70. The summed E-state index contributed by atoms with van der Waals surface area (Å²) >= 11 is 0. The third-order valence-electron chi connectivity index (χ3n) is 3.75. The molecule has 0 aliphatic heterocycles. The summed E-state index contributed by atoms with van der Waals surface area (Å²) < 4.78 is 0. The number of nitrogens with zero attached hydrogens (tertiary/aromatic N) is 1. The first-order valence-corrected chi connectivity index (χ1v) is 7.08. The Bertz CT molecular complexity index is 925. The molecule has 0 amide bonds. The zero-order valence-corrected chi connectivity index (χ0v) is 14.9. The molecule has 0 aliphatic rings. The van der Waals surface area contributed by atoms with Gasteiger partial charge in [0.1, 0.15) is 0 Å². The molecule has 0 aliphatic carbocycles. The van der Waals surface area contributed by atoms with E-state index in [9.17, 15) is 0 Å². The Labute approximate surface area is 155 Å². The number of hydrogen-bond donors (Lipinski definition) is 0. The summed E-state index contributed by atoms with van der Waals surface area (Å²) in [4.78, 5) is 0. The minimum Gasteiger partial charge on any atom is -0.657 e. The van der Waals surface area contributed by atoms with Crippen molar-refractivity contribution in [1.29, 1.82) is 0 Å². The predicted molar refractivity (Wildman–Crippen MR) is 90.6 cm³/mol. The van der Waals surface area contributed by atoms with Crippen LogP contribution in [0.2, 0.25) is 0 Å². The molecule has 0 atom stereocenters. The number of hydrogen-bond acceptors (Lipinski definition) is 0. The van der Waals surface area contributed by atoms with Crippen molar-refractivity contribution in [2.45, 2.75) is 0 Å². The van der Waals surface area contributed by atoms with E-state index in [0.717, 1.165) is 11.4 Å². The van der Waals surface area contributed by atoms with Gasteiger partial charge in [-0.1, -0.05) is 84.9 Å². The van der Waals surface area contributed by atoms with E-state index in [4.69, 9.17) is 5.32 Å². The standard InChI is InChI=1S/C20H14N.Y/c1-2-8-17-14-18(13-12-15(17)6-1)21-20-11-5-9-16-7-3-4-10-19(16)20;/h1-14H;/q-1;. The maximum atomic E-state index is 4.82. The maximum absolute atomic E-state index is 4.82. The average molecular weight is 357 g/mol. The van der Waals surface area contributed by atoms with Crippen LogP contribution in [0.1, 0.15) is 0 Å². The van der Waals surface area contributed by atoms with Crippen molar-refractivity contribution < 1.29 is 32.7 Å². The molecule has 1 radical (unpaired) electrons. The first-order valence-electron chi connectivity index (χ1n) is 7.08. The second-order valence-corrected chi connectivity index (χ2v) is 5.14. The summed E-state index contributed by atoms with van der Waals surface area (Å²) in [6.45, 7) is 0. The SMILES string of the molecule is [Y].c1ccc2cc([N-]c3cccc4ccccc34)ccc2c1. The fourth-order valence-corrected chi connectivity index (χ4v) is 2.69. The number of fused-ring (bicyclic) bond motifs is 2. The van der Waals surface area contributed by atoms with Crippen molar-refractivity contribution in [3.8, 4) is 0 Å². The molecule has 22 heavy (non-hydrogen) atoms. The predicted octanol–water partition coefficient (Wildman–Crippen LogP) is 6.33. The van der Waals surface area contributed by atoms with Gasteiger partial charge in [0.2, 0.25) is 0 Å². The molecule has 0 unspecified atom stereocenters. The topological polar surface area (TPSA) is 14.1 Å². The van der Waals surface area contributed by atoms with Crippen LogP contribution in [0.5, 0.6) is 0 Å². The third kappa shape index (κ3) is 2.92. The summed E-state index contributed by atoms with van der Waals surface area (Å²) in [6, 6.07) is 29.3. The molecular weight excluding hydrogens is 343 g/mol. The fraction of sp³-hybridized carbons (Fsp3) is 0. The van der Waals surface area contributed by atoms with Crippen molar-refractivity contribution in [2.75, 3.05) is 0 Å². The van der Waals surface area contributed by atoms with E-state index in [1.165, 1.54) is 21.5 Å². The molecule has 0 saturated heterocycles. The van der Waals surface area contributed by atoms with Gasteiger partial charge in [-0.3, -0.25) is 0 Å². The normalized spacial score (nSPS) is 10.4. The van der Waals surface area contributed by atoms with Gasteiger partial charge in [-0.25, -0.2) is 0 Å². The molecule has 1 nitrogen and oxygen atoms in total. The van der Waals surface area contributed by atoms with Crippen LogP contribution in [0.3, 0.4) is 0 Å². The van der Waals surface area contributed by atoms with Gasteiger partial charge in [0, 0.05) is 32.7 Å². The molecule has 4 aromatic carbocycles. The molecule has 4 aromatic rings. The Morgan fingerprint density at radius 1 is 0.545 bits per heavy atom. The quantitative estimate of drug-likeness (QED) is 0.398. The van der Waals surface area contributed by atoms with Crippen LogP contribution in [0, 0.1) is 0 Å². The fourth-order valence-electron chi connectivity index (χ4n) is 2.69. The average Bonchev–Trinajstić information content (AvgIpc) is 2.55. The van der Waals surface area contributed by atoms with Crippen LogP contribution >= 0.6 is 0 Å². The van der Waals surface area contributed by atoms with Crippen LogP contribution < -0.4 is 0 Å². The van der Waals surface area contributed by atoms with E-state index in [1.807, 2.05) is 0 Å². The Hall–Kier alpha value is -1.70. The zero-order valence-electron chi connectivity index (χ0n) is 12.1. The van der Waals surface area contributed by atoms with Gasteiger partial charge in [-0.05, 0) is 21.5 Å². The van der Waals surface area contributed by atoms with Crippen molar-refractivity contribution in [3.63, 3.8) is 0 Å². The second kappa shape index (κ2) is 6.60. The minimum atomic E-state index is 0. The van der Waals surface area contributed by atoms with Crippen molar-refractivity contribution in [3.05, 3.63) is 90.2 Å². The van der Waals surface area contributed by atoms with E-state index in [2.05, 4.69) is 84.9 Å². The van der Waals surface area contributed by atoms with E-state index >= 15 is 0 Å². The molecular formula is C20H14NY-. The Kier molecular flexibility index (Phi) is 4.56. The molecule has 4 rings (SSSR count). The van der Waals surface area contributed by atoms with Gasteiger partial charge in [-0.15, -0.1) is 11.4 Å². The van der Waals surface area contributed by atoms with Gasteiger partial charge in [0.15, 0.2) is 0 Å². The van der Waals surface area contributed by atoms with Crippen molar-refractivity contribution in [1.82, 2.24) is 0 Å². The Balaban J connectivity index is 0.00000144. The van der Waals surface area contributed by atoms with E-state index in [-0.39, 0.29) is 32.7 Å². The summed E-state index contributed by atoms with van der Waals surface area (Å²) in [5.74, 6) is 0. The molecule has 0 bridgehead atoms. The monoisotopic (exact) mass is 357 g/mol. The van der Waals surface area contributed by atoms with Gasteiger partial charge in [0.25, 0.3) is 0 Å². The van der Waals surface area contributed by atoms with Gasteiger partial charge in [0.05, 0.1) is 0 Å². The van der Waals surface area contributed by atoms with E-state index in [0.29, 0.717) is 0 Å². The van der Waals surface area contributed by atoms with Crippen LogP contribution in [0.4, 0.5) is 11.4 Å². The first-order chi connectivity index (χ1) is 10.4. The molecule has 0 aromatic heterocycles. The van der Waals surface area contributed by atoms with Gasteiger partial charge in [-0.2, -0.15) is 0 Å². The van der Waals surface area contributed by atoms with Gasteiger partial charge >= 0.3 is 0 Å². The Morgan fingerprint density at radius 2 is 1.23 bits per heavy atom. The number of rotatable bonds is 2. The minimum absolute atomic E-state index is 0. The van der Waals surface area contributed by atoms with Crippen molar-refractivity contribution >= 4 is 32.9 Å². The molecule has 0 saturated carbocycles. The second-order valence-electron chi connectivity index (χ2n) is 5.14. The van der Waals surface area contributed by atoms with E-state index < -0.39 is 0 Å². The summed E-state index contributed by atoms with van der Waals surface area (Å²) in [5.41, 5.74) is 2.01. The van der Waals surface area contributed by atoms with Crippen LogP contribution in [-0.2, 0) is 32.7 Å². The van der Waals surface area contributed by atoms with Crippen LogP contribution in [0.15, 0.2) is 84.9 Å². The molecule has 0 N–H and O–H groups in total. The summed E-state index contributed by atoms with van der Waals surface area (Å²) in [6.07, 6.45) is 0. The molecule has 0 heterocycles.